The van der Waals surface area contributed by atoms with Gasteiger partial charge in [-0.25, -0.2) is 0 Å². The minimum absolute atomic E-state index is 0.302. The predicted molar refractivity (Wildman–Crippen MR) is 113 cm³/mol. The first kappa shape index (κ1) is 19.6. The lowest BCUT2D eigenvalue weighted by molar-refractivity contribution is 0.426. The molecule has 8 nitrogen and oxygen atoms in total. The molecule has 0 atom stereocenters. The maximum absolute atomic E-state index is 9.87. The maximum Gasteiger partial charge on any atom is 0.319 e. The second-order valence-corrected chi connectivity index (χ2v) is 6.79. The molecule has 2 heterocycles. The average Bonchev–Trinajstić information content (AvgIpc) is 2.95. The number of hydrogen-bond donors (Lipinski definition) is 3. The van der Waals surface area contributed by atoms with Crippen LogP contribution in [-0.4, -0.2) is 44.3 Å². The smallest absolute Gasteiger partial charge is 0.319 e. The Morgan fingerprint density at radius 2 is 1.89 bits per heavy atom. The fourth-order valence-corrected chi connectivity index (χ4v) is 3.12. The van der Waals surface area contributed by atoms with Gasteiger partial charge in [0.15, 0.2) is 5.82 Å². The molecule has 0 aliphatic carbocycles. The summed E-state index contributed by atoms with van der Waals surface area (Å²) >= 11 is 0. The zero-order chi connectivity index (χ0) is 20.1. The van der Waals surface area contributed by atoms with Crippen molar-refractivity contribution in [2.75, 3.05) is 23.4 Å². The number of aromatic nitrogens is 4. The molecule has 0 radical (unpaired) electrons. The van der Waals surface area contributed by atoms with Crippen molar-refractivity contribution in [1.29, 1.82) is 0 Å². The molecule has 28 heavy (non-hydrogen) atoms. The second kappa shape index (κ2) is 8.69. The van der Waals surface area contributed by atoms with Crippen LogP contribution in [0, 0.1) is 13.8 Å². The van der Waals surface area contributed by atoms with Crippen molar-refractivity contribution in [3.63, 3.8) is 0 Å². The van der Waals surface area contributed by atoms with E-state index in [2.05, 4.69) is 58.2 Å². The average molecular weight is 381 g/mol. The number of hydrogen-bond acceptors (Lipinski definition) is 7. The number of aromatic amines is 1. The lowest BCUT2D eigenvalue weighted by Gasteiger charge is -2.21. The first-order valence-electron chi connectivity index (χ1n) is 9.59. The van der Waals surface area contributed by atoms with Crippen LogP contribution in [-0.2, 0) is 0 Å². The number of fused-ring (bicyclic) bond motifs is 1. The first-order valence-corrected chi connectivity index (χ1v) is 9.59. The molecule has 0 aliphatic rings. The van der Waals surface area contributed by atoms with E-state index in [1.807, 2.05) is 23.1 Å². The number of anilines is 2. The van der Waals surface area contributed by atoms with E-state index in [1.165, 1.54) is 11.8 Å². The van der Waals surface area contributed by atoms with Gasteiger partial charge in [0.1, 0.15) is 0 Å². The Morgan fingerprint density at radius 3 is 2.61 bits per heavy atom. The van der Waals surface area contributed by atoms with Crippen LogP contribution in [0.25, 0.3) is 10.9 Å². The molecule has 0 fully saturated rings. The Kier molecular flexibility index (Phi) is 6.08. The normalized spacial score (nSPS) is 11.4. The molecule has 0 spiro atoms. The van der Waals surface area contributed by atoms with Crippen molar-refractivity contribution in [3.05, 3.63) is 35.3 Å². The van der Waals surface area contributed by atoms with Gasteiger partial charge in [0.2, 0.25) is 5.95 Å². The monoisotopic (exact) mass is 381 g/mol. The predicted octanol–water partition coefficient (Wildman–Crippen LogP) is 3.75. The van der Waals surface area contributed by atoms with E-state index >= 15 is 0 Å². The van der Waals surface area contributed by atoms with E-state index in [4.69, 9.17) is 0 Å². The van der Waals surface area contributed by atoms with Crippen LogP contribution in [0.1, 0.15) is 43.8 Å². The Bertz CT molecular complexity index is 974. The van der Waals surface area contributed by atoms with Crippen LogP contribution in [0.15, 0.2) is 23.3 Å². The van der Waals surface area contributed by atoms with E-state index in [0.717, 1.165) is 48.2 Å². The number of hydrazone groups is 1. The fourth-order valence-electron chi connectivity index (χ4n) is 3.12. The number of aromatic hydroxyl groups is 1. The third kappa shape index (κ3) is 4.39. The lowest BCUT2D eigenvalue weighted by atomic mass is 10.1. The van der Waals surface area contributed by atoms with E-state index in [9.17, 15) is 5.11 Å². The van der Waals surface area contributed by atoms with Crippen molar-refractivity contribution < 1.29 is 5.11 Å². The van der Waals surface area contributed by atoms with Gasteiger partial charge in [-0.3, -0.25) is 5.43 Å². The number of benzene rings is 1. The molecule has 0 bridgehead atoms. The van der Waals surface area contributed by atoms with Crippen molar-refractivity contribution in [2.24, 2.45) is 5.10 Å². The summed E-state index contributed by atoms with van der Waals surface area (Å²) in [5, 5.41) is 15.3. The molecule has 0 amide bonds. The Balaban J connectivity index is 1.77. The summed E-state index contributed by atoms with van der Waals surface area (Å²) in [6.07, 6.45) is 3.43. The van der Waals surface area contributed by atoms with Gasteiger partial charge < -0.3 is 15.0 Å². The Hall–Kier alpha value is -3.16. The van der Waals surface area contributed by atoms with E-state index in [-0.39, 0.29) is 6.01 Å². The van der Waals surface area contributed by atoms with Crippen LogP contribution in [0.5, 0.6) is 6.01 Å². The highest BCUT2D eigenvalue weighted by Gasteiger charge is 2.11. The van der Waals surface area contributed by atoms with Gasteiger partial charge in [0.05, 0.1) is 11.9 Å². The van der Waals surface area contributed by atoms with Gasteiger partial charge >= 0.3 is 6.01 Å². The number of aryl methyl sites for hydroxylation is 2. The summed E-state index contributed by atoms with van der Waals surface area (Å²) in [6.45, 7) is 9.99. The molecule has 3 rings (SSSR count). The zero-order valence-electron chi connectivity index (χ0n) is 16.8. The van der Waals surface area contributed by atoms with Gasteiger partial charge in [-0.1, -0.05) is 13.8 Å². The number of nitrogens with zero attached hydrogens (tertiary/aromatic N) is 5. The van der Waals surface area contributed by atoms with Gasteiger partial charge in [-0.15, -0.1) is 0 Å². The van der Waals surface area contributed by atoms with Crippen LogP contribution in [0.2, 0.25) is 0 Å². The van der Waals surface area contributed by atoms with E-state index in [1.54, 1.807) is 0 Å². The standard InChI is InChI=1S/C20H27N7O/c1-5-9-27(10-6-2)19-23-18(24-20(28)25-19)12-21-26-15-7-8-17-16(11-15)13(3)14(4)22-17/h7-8,11-12,22,26H,5-6,9-10H2,1-4H3,(H,23,24,25,28)/b21-12+. The number of H-pyrrole nitrogens is 1. The largest absolute Gasteiger partial charge is 0.479 e. The Morgan fingerprint density at radius 1 is 1.14 bits per heavy atom. The summed E-state index contributed by atoms with van der Waals surface area (Å²) in [7, 11) is 0. The van der Waals surface area contributed by atoms with Crippen molar-refractivity contribution in [1.82, 2.24) is 19.9 Å². The Labute approximate surface area is 164 Å². The van der Waals surface area contributed by atoms with Crippen LogP contribution >= 0.6 is 0 Å². The zero-order valence-corrected chi connectivity index (χ0v) is 16.8. The molecule has 0 saturated carbocycles. The number of rotatable bonds is 8. The van der Waals surface area contributed by atoms with Gasteiger partial charge in [0, 0.05) is 29.7 Å². The topological polar surface area (TPSA) is 102 Å². The summed E-state index contributed by atoms with van der Waals surface area (Å²) < 4.78 is 0. The van der Waals surface area contributed by atoms with Gasteiger partial charge in [0.25, 0.3) is 0 Å². The van der Waals surface area contributed by atoms with E-state index in [0.29, 0.717) is 11.8 Å². The fraction of sp³-hybridized carbons (Fsp3) is 0.400. The summed E-state index contributed by atoms with van der Waals surface area (Å²) in [5.74, 6) is 0.777. The van der Waals surface area contributed by atoms with Gasteiger partial charge in [-0.05, 0) is 50.5 Å². The molecule has 1 aromatic carbocycles. The molecule has 3 aromatic rings. The minimum Gasteiger partial charge on any atom is -0.479 e. The quantitative estimate of drug-likeness (QED) is 0.406. The molecule has 0 saturated heterocycles. The van der Waals surface area contributed by atoms with Crippen LogP contribution in [0.4, 0.5) is 11.6 Å². The third-order valence-electron chi connectivity index (χ3n) is 4.58. The summed E-state index contributed by atoms with van der Waals surface area (Å²) in [5.41, 5.74) is 7.35. The molecule has 2 aromatic heterocycles. The second-order valence-electron chi connectivity index (χ2n) is 6.79. The lowest BCUT2D eigenvalue weighted by Crippen LogP contribution is -2.27. The molecule has 3 N–H and O–H groups in total. The molecular weight excluding hydrogens is 354 g/mol. The molecule has 0 unspecified atom stereocenters. The molecule has 148 valence electrons. The summed E-state index contributed by atoms with van der Waals surface area (Å²) in [6, 6.07) is 5.72. The van der Waals surface area contributed by atoms with Crippen LogP contribution < -0.4 is 10.3 Å². The highest BCUT2D eigenvalue weighted by molar-refractivity contribution is 5.87. The first-order chi connectivity index (χ1) is 13.5. The maximum atomic E-state index is 9.87. The van der Waals surface area contributed by atoms with Gasteiger partial charge in [-0.2, -0.15) is 20.1 Å². The minimum atomic E-state index is -0.302. The van der Waals surface area contributed by atoms with Crippen LogP contribution in [0.3, 0.4) is 0 Å². The third-order valence-corrected chi connectivity index (χ3v) is 4.58. The molecular formula is C20H27N7O. The van der Waals surface area contributed by atoms with Crippen molar-refractivity contribution in [2.45, 2.75) is 40.5 Å². The molecule has 8 heteroatoms. The van der Waals surface area contributed by atoms with Crippen molar-refractivity contribution in [3.8, 4) is 6.01 Å². The number of nitrogens with one attached hydrogen (secondary N) is 2. The van der Waals surface area contributed by atoms with E-state index < -0.39 is 0 Å². The summed E-state index contributed by atoms with van der Waals surface area (Å²) in [4.78, 5) is 17.8. The molecule has 0 aliphatic heterocycles. The SMILES string of the molecule is CCCN(CCC)c1nc(O)nc(/C=N/Nc2ccc3[nH]c(C)c(C)c3c2)n1. The highest BCUT2D eigenvalue weighted by Crippen LogP contribution is 2.24. The highest BCUT2D eigenvalue weighted by atomic mass is 16.3. The van der Waals surface area contributed by atoms with Crippen molar-refractivity contribution >= 4 is 28.8 Å².